The van der Waals surface area contributed by atoms with Gasteiger partial charge < -0.3 is 32.8 Å². The van der Waals surface area contributed by atoms with E-state index in [1.165, 1.54) is 13.8 Å². The maximum absolute atomic E-state index is 12.4. The van der Waals surface area contributed by atoms with Crippen LogP contribution in [0.5, 0.6) is 0 Å². The average Bonchev–Trinajstić information content (AvgIpc) is 3.18. The maximum atomic E-state index is 12.4. The smallest absolute Gasteiger partial charge is 0.303 e. The molecule has 0 saturated carbocycles. The Kier molecular flexibility index (Phi) is 12.0. The van der Waals surface area contributed by atoms with Crippen molar-refractivity contribution < 1.29 is 42.4 Å². The topological polar surface area (TPSA) is 98.8 Å². The van der Waals surface area contributed by atoms with Gasteiger partial charge in [-0.2, -0.15) is 0 Å². The highest BCUT2D eigenvalue weighted by molar-refractivity contribution is 6.74. The van der Waals surface area contributed by atoms with Crippen LogP contribution in [0.25, 0.3) is 0 Å². The van der Waals surface area contributed by atoms with Crippen LogP contribution in [-0.4, -0.2) is 75.1 Å². The lowest BCUT2D eigenvalue weighted by Gasteiger charge is -2.51. The largest absolute Gasteiger partial charge is 0.462 e. The zero-order valence-corrected chi connectivity index (χ0v) is 30.2. The minimum Gasteiger partial charge on any atom is -0.462 e. The standard InChI is InChI=1S/C32H60O9Si/c1-18(22(5)41-42(15,16)30(8,9)10)27-21(4)28(40-32(13,14)39-27)19(2)26(36-23(6)33)20(3)29(37-24(7)34)25-17-35-31(11,12)38-25/h18-22,25-29H,17H2,1-16H3/t18-,19+,20-,21+,22-,25+,26+,27-,28+,29+/m0/s1. The Labute approximate surface area is 256 Å². The van der Waals surface area contributed by atoms with E-state index in [1.54, 1.807) is 0 Å². The van der Waals surface area contributed by atoms with Crippen LogP contribution in [0.1, 0.15) is 96.9 Å². The molecule has 0 spiro atoms. The predicted molar refractivity (Wildman–Crippen MR) is 164 cm³/mol. The molecular weight excluding hydrogens is 556 g/mol. The molecule has 0 aliphatic carbocycles. The van der Waals surface area contributed by atoms with E-state index < -0.39 is 56.1 Å². The minimum absolute atomic E-state index is 0.0254. The molecule has 0 radical (unpaired) electrons. The van der Waals surface area contributed by atoms with Crippen molar-refractivity contribution in [3.63, 3.8) is 0 Å². The second kappa shape index (κ2) is 13.5. The zero-order valence-electron chi connectivity index (χ0n) is 29.2. The third-order valence-corrected chi connectivity index (χ3v) is 14.1. The highest BCUT2D eigenvalue weighted by Crippen LogP contribution is 2.44. The Morgan fingerprint density at radius 2 is 1.33 bits per heavy atom. The van der Waals surface area contributed by atoms with Crippen molar-refractivity contribution in [1.82, 2.24) is 0 Å². The van der Waals surface area contributed by atoms with Crippen LogP contribution in [0.4, 0.5) is 0 Å². The van der Waals surface area contributed by atoms with Crippen LogP contribution in [0.3, 0.4) is 0 Å². The first kappa shape index (κ1) is 37.1. The fourth-order valence-electron chi connectivity index (χ4n) is 6.12. The molecule has 0 unspecified atom stereocenters. The van der Waals surface area contributed by atoms with Gasteiger partial charge in [-0.3, -0.25) is 9.59 Å². The van der Waals surface area contributed by atoms with Gasteiger partial charge in [-0.25, -0.2) is 0 Å². The van der Waals surface area contributed by atoms with E-state index in [0.29, 0.717) is 0 Å². The van der Waals surface area contributed by atoms with Crippen molar-refractivity contribution in [2.24, 2.45) is 23.7 Å². The fourth-order valence-corrected chi connectivity index (χ4v) is 7.62. The van der Waals surface area contributed by atoms with Gasteiger partial charge in [-0.1, -0.05) is 48.5 Å². The summed E-state index contributed by atoms with van der Waals surface area (Å²) in [5.74, 6) is -3.16. The summed E-state index contributed by atoms with van der Waals surface area (Å²) in [6, 6.07) is 0. The van der Waals surface area contributed by atoms with E-state index in [1.807, 2.05) is 41.5 Å². The Hall–Kier alpha value is -1.04. The van der Waals surface area contributed by atoms with Crippen molar-refractivity contribution >= 4 is 20.3 Å². The molecule has 2 saturated heterocycles. The molecule has 0 bridgehead atoms. The molecule has 246 valence electrons. The Bertz CT molecular complexity index is 927. The van der Waals surface area contributed by atoms with E-state index in [9.17, 15) is 9.59 Å². The number of rotatable bonds is 11. The molecule has 0 aromatic heterocycles. The number of carbonyl (C=O) groups excluding carboxylic acids is 2. The molecule has 2 aliphatic rings. The number of ether oxygens (including phenoxy) is 6. The first-order valence-corrected chi connectivity index (χ1v) is 18.5. The molecule has 9 nitrogen and oxygen atoms in total. The van der Waals surface area contributed by atoms with Crippen molar-refractivity contribution in [3.05, 3.63) is 0 Å². The SMILES string of the molecule is CC(=O)O[C@H]([C@@H](C)[C@H]1OC(C)(C)O[C@@H]([C@@H](C)[C@H](C)O[Si](C)(C)C(C)(C)C)[C@H]1C)[C@H](C)[C@@H](OC(C)=O)[C@H]1COC(C)(C)O1. The van der Waals surface area contributed by atoms with E-state index >= 15 is 0 Å². The molecule has 0 amide bonds. The van der Waals surface area contributed by atoms with Gasteiger partial charge in [0.15, 0.2) is 19.9 Å². The Morgan fingerprint density at radius 1 is 0.833 bits per heavy atom. The highest BCUT2D eigenvalue weighted by atomic mass is 28.4. The van der Waals surface area contributed by atoms with E-state index in [4.69, 9.17) is 32.8 Å². The van der Waals surface area contributed by atoms with Crippen molar-refractivity contribution in [2.45, 2.75) is 163 Å². The molecule has 0 N–H and O–H groups in total. The van der Waals surface area contributed by atoms with Gasteiger partial charge in [0.1, 0.15) is 18.3 Å². The molecule has 2 heterocycles. The quantitative estimate of drug-likeness (QED) is 0.191. The van der Waals surface area contributed by atoms with Crippen LogP contribution in [0.15, 0.2) is 0 Å². The summed E-state index contributed by atoms with van der Waals surface area (Å²) in [7, 11) is -2.00. The highest BCUT2D eigenvalue weighted by Gasteiger charge is 2.52. The van der Waals surface area contributed by atoms with Crippen LogP contribution in [0, 0.1) is 23.7 Å². The number of hydrogen-bond acceptors (Lipinski definition) is 9. The molecule has 10 heteroatoms. The second-order valence-corrected chi connectivity index (χ2v) is 19.9. The van der Waals surface area contributed by atoms with Crippen molar-refractivity contribution in [1.29, 1.82) is 0 Å². The molecule has 0 aromatic carbocycles. The van der Waals surface area contributed by atoms with Crippen molar-refractivity contribution in [3.8, 4) is 0 Å². The van der Waals surface area contributed by atoms with Gasteiger partial charge in [0, 0.05) is 43.6 Å². The maximum Gasteiger partial charge on any atom is 0.303 e. The van der Waals surface area contributed by atoms with Gasteiger partial charge in [-0.15, -0.1) is 0 Å². The lowest BCUT2D eigenvalue weighted by molar-refractivity contribution is -0.341. The molecule has 42 heavy (non-hydrogen) atoms. The summed E-state index contributed by atoms with van der Waals surface area (Å²) >= 11 is 0. The van der Waals surface area contributed by atoms with E-state index in [2.05, 4.69) is 54.6 Å². The third kappa shape index (κ3) is 9.24. The van der Waals surface area contributed by atoms with Crippen LogP contribution in [0.2, 0.25) is 18.1 Å². The number of carbonyl (C=O) groups is 2. The summed E-state index contributed by atoms with van der Waals surface area (Å²) in [5.41, 5.74) is 0. The zero-order chi connectivity index (χ0) is 32.6. The lowest BCUT2D eigenvalue weighted by atomic mass is 9.76. The Morgan fingerprint density at radius 3 is 1.76 bits per heavy atom. The number of hydrogen-bond donors (Lipinski definition) is 0. The van der Waals surface area contributed by atoms with Crippen LogP contribution >= 0.6 is 0 Å². The lowest BCUT2D eigenvalue weighted by Crippen LogP contribution is -2.59. The van der Waals surface area contributed by atoms with Gasteiger partial charge in [0.05, 0.1) is 18.8 Å². The summed E-state index contributed by atoms with van der Waals surface area (Å²) in [5, 5.41) is 0.0919. The summed E-state index contributed by atoms with van der Waals surface area (Å²) < 4.78 is 43.6. The van der Waals surface area contributed by atoms with Gasteiger partial charge in [0.25, 0.3) is 0 Å². The number of esters is 2. The van der Waals surface area contributed by atoms with Crippen LogP contribution in [-0.2, 0) is 42.4 Å². The Balaban J connectivity index is 2.39. The predicted octanol–water partition coefficient (Wildman–Crippen LogP) is 6.48. The molecule has 2 rings (SSSR count). The molecular formula is C32H60O9Si. The summed E-state index contributed by atoms with van der Waals surface area (Å²) in [4.78, 5) is 24.6. The fraction of sp³-hybridized carbons (Fsp3) is 0.938. The van der Waals surface area contributed by atoms with E-state index in [-0.39, 0.29) is 47.7 Å². The van der Waals surface area contributed by atoms with E-state index in [0.717, 1.165) is 0 Å². The van der Waals surface area contributed by atoms with Gasteiger partial charge >= 0.3 is 11.9 Å². The molecule has 2 aliphatic heterocycles. The first-order chi connectivity index (χ1) is 18.9. The monoisotopic (exact) mass is 616 g/mol. The van der Waals surface area contributed by atoms with Crippen LogP contribution < -0.4 is 0 Å². The third-order valence-electron chi connectivity index (χ3n) is 9.50. The molecule has 2 fully saturated rings. The summed E-state index contributed by atoms with van der Waals surface area (Å²) in [6.07, 6.45) is -2.32. The summed E-state index contributed by atoms with van der Waals surface area (Å²) in [6.45, 7) is 32.2. The first-order valence-electron chi connectivity index (χ1n) is 15.6. The minimum atomic E-state index is -2.00. The molecule has 0 aromatic rings. The second-order valence-electron chi connectivity index (χ2n) is 15.1. The van der Waals surface area contributed by atoms with Gasteiger partial charge in [-0.05, 0) is 52.8 Å². The molecule has 10 atom stereocenters. The van der Waals surface area contributed by atoms with Gasteiger partial charge in [0.2, 0.25) is 0 Å². The average molecular weight is 617 g/mol. The van der Waals surface area contributed by atoms with Crippen molar-refractivity contribution in [2.75, 3.05) is 6.61 Å². The normalized spacial score (nSPS) is 30.5.